The lowest BCUT2D eigenvalue weighted by Crippen LogP contribution is -2.35. The highest BCUT2D eigenvalue weighted by atomic mass is 79.9. The maximum absolute atomic E-state index is 12.6. The molecule has 0 aliphatic carbocycles. The quantitative estimate of drug-likeness (QED) is 0.623. The largest absolute Gasteiger partial charge is 0.325 e. The van der Waals surface area contributed by atoms with Crippen molar-refractivity contribution in [1.29, 1.82) is 0 Å². The predicted molar refractivity (Wildman–Crippen MR) is 115 cm³/mol. The van der Waals surface area contributed by atoms with Gasteiger partial charge < -0.3 is 5.32 Å². The second-order valence-corrected chi connectivity index (χ2v) is 11.6. The summed E-state index contributed by atoms with van der Waals surface area (Å²) in [4.78, 5) is 12.5. The summed E-state index contributed by atoms with van der Waals surface area (Å²) in [5.74, 6) is -0.587. The minimum absolute atomic E-state index is 0.0271. The van der Waals surface area contributed by atoms with E-state index in [4.69, 9.17) is 0 Å². The van der Waals surface area contributed by atoms with Crippen LogP contribution >= 0.6 is 15.9 Å². The SMILES string of the molecule is Cc1ccc(S(=O)(=O)N(C)C)cc1NC(=O)CN(C)S(=O)(=O)c1ccc(Br)cc1. The number of halogens is 1. The summed E-state index contributed by atoms with van der Waals surface area (Å²) >= 11 is 3.24. The molecule has 2 aromatic carbocycles. The van der Waals surface area contributed by atoms with Gasteiger partial charge in [-0.25, -0.2) is 21.1 Å². The predicted octanol–water partition coefficient (Wildman–Crippen LogP) is 2.27. The zero-order valence-corrected chi connectivity index (χ0v) is 19.6. The zero-order valence-electron chi connectivity index (χ0n) is 16.4. The lowest BCUT2D eigenvalue weighted by Gasteiger charge is -2.18. The van der Waals surface area contributed by atoms with E-state index in [2.05, 4.69) is 21.2 Å². The molecule has 0 heterocycles. The smallest absolute Gasteiger partial charge is 0.243 e. The third-order valence-electron chi connectivity index (χ3n) is 4.15. The number of benzene rings is 2. The molecule has 29 heavy (non-hydrogen) atoms. The molecule has 11 heteroatoms. The first-order valence-corrected chi connectivity index (χ1v) is 12.1. The van der Waals surface area contributed by atoms with Gasteiger partial charge in [0.1, 0.15) is 0 Å². The molecule has 0 bridgehead atoms. The molecule has 1 N–H and O–H groups in total. The molecular weight excluding hydrogens is 482 g/mol. The van der Waals surface area contributed by atoms with Gasteiger partial charge in [-0.05, 0) is 48.9 Å². The van der Waals surface area contributed by atoms with Crippen molar-refractivity contribution in [2.45, 2.75) is 16.7 Å². The van der Waals surface area contributed by atoms with E-state index in [0.717, 1.165) is 13.1 Å². The molecule has 2 aromatic rings. The van der Waals surface area contributed by atoms with E-state index in [0.29, 0.717) is 11.3 Å². The van der Waals surface area contributed by atoms with Gasteiger partial charge >= 0.3 is 0 Å². The summed E-state index contributed by atoms with van der Waals surface area (Å²) in [6.45, 7) is 1.28. The summed E-state index contributed by atoms with van der Waals surface area (Å²) in [5.41, 5.74) is 0.946. The van der Waals surface area contributed by atoms with Gasteiger partial charge in [0.2, 0.25) is 26.0 Å². The van der Waals surface area contributed by atoms with Gasteiger partial charge in [-0.3, -0.25) is 4.79 Å². The van der Waals surface area contributed by atoms with E-state index in [9.17, 15) is 21.6 Å². The van der Waals surface area contributed by atoms with E-state index in [-0.39, 0.29) is 9.79 Å². The first-order valence-electron chi connectivity index (χ1n) is 8.40. The number of likely N-dealkylation sites (N-methyl/N-ethyl adjacent to an activating group) is 1. The van der Waals surface area contributed by atoms with Crippen molar-refractivity contribution in [2.75, 3.05) is 33.0 Å². The van der Waals surface area contributed by atoms with Crippen molar-refractivity contribution in [3.63, 3.8) is 0 Å². The van der Waals surface area contributed by atoms with Crippen LogP contribution in [0.3, 0.4) is 0 Å². The van der Waals surface area contributed by atoms with Crippen LogP contribution in [0.4, 0.5) is 5.69 Å². The van der Waals surface area contributed by atoms with Crippen LogP contribution in [0.25, 0.3) is 0 Å². The third kappa shape index (κ3) is 5.43. The van der Waals surface area contributed by atoms with Gasteiger partial charge in [-0.2, -0.15) is 4.31 Å². The van der Waals surface area contributed by atoms with Crippen molar-refractivity contribution in [1.82, 2.24) is 8.61 Å². The number of anilines is 1. The van der Waals surface area contributed by atoms with E-state index >= 15 is 0 Å². The van der Waals surface area contributed by atoms with Crippen LogP contribution in [-0.4, -0.2) is 59.0 Å². The number of rotatable bonds is 7. The van der Waals surface area contributed by atoms with Crippen LogP contribution in [0, 0.1) is 6.92 Å². The van der Waals surface area contributed by atoms with Crippen LogP contribution in [-0.2, 0) is 24.8 Å². The van der Waals surface area contributed by atoms with Gasteiger partial charge in [0.25, 0.3) is 0 Å². The van der Waals surface area contributed by atoms with E-state index < -0.39 is 32.5 Å². The molecule has 0 radical (unpaired) electrons. The van der Waals surface area contributed by atoms with Crippen molar-refractivity contribution in [3.05, 3.63) is 52.5 Å². The van der Waals surface area contributed by atoms with Crippen LogP contribution in [0.2, 0.25) is 0 Å². The van der Waals surface area contributed by atoms with Gasteiger partial charge in [0.05, 0.1) is 16.3 Å². The highest BCUT2D eigenvalue weighted by molar-refractivity contribution is 9.10. The Morgan fingerprint density at radius 3 is 2.03 bits per heavy atom. The molecule has 1 amide bonds. The average Bonchev–Trinajstić information content (AvgIpc) is 2.63. The Bertz CT molecular complexity index is 1110. The van der Waals surface area contributed by atoms with Crippen LogP contribution in [0.1, 0.15) is 5.56 Å². The standard InChI is InChI=1S/C18H22BrN3O5S2/c1-13-5-8-16(28(24,25)21(2)3)11-17(13)20-18(23)12-22(4)29(26,27)15-9-6-14(19)7-10-15/h5-11H,12H2,1-4H3,(H,20,23). The normalized spacial score (nSPS) is 12.4. The summed E-state index contributed by atoms with van der Waals surface area (Å²) in [6, 6.07) is 10.5. The number of sulfonamides is 2. The first-order chi connectivity index (χ1) is 13.4. The van der Waals surface area contributed by atoms with Crippen LogP contribution < -0.4 is 5.32 Å². The summed E-state index contributed by atoms with van der Waals surface area (Å²) < 4.78 is 52.5. The molecule has 0 aliphatic heterocycles. The van der Waals surface area contributed by atoms with Crippen LogP contribution in [0.15, 0.2) is 56.7 Å². The van der Waals surface area contributed by atoms with Gasteiger partial charge in [0, 0.05) is 31.3 Å². The monoisotopic (exact) mass is 503 g/mol. The van der Waals surface area contributed by atoms with Crippen molar-refractivity contribution in [3.8, 4) is 0 Å². The summed E-state index contributed by atoms with van der Waals surface area (Å²) in [5, 5.41) is 2.59. The van der Waals surface area contributed by atoms with Crippen molar-refractivity contribution >= 4 is 47.6 Å². The Morgan fingerprint density at radius 2 is 1.48 bits per heavy atom. The van der Waals surface area contributed by atoms with Gasteiger partial charge in [-0.1, -0.05) is 22.0 Å². The summed E-state index contributed by atoms with van der Waals surface area (Å²) in [6.07, 6.45) is 0. The Labute approximate surface area is 179 Å². The maximum Gasteiger partial charge on any atom is 0.243 e. The Balaban J connectivity index is 2.19. The molecule has 158 valence electrons. The molecule has 0 atom stereocenters. The lowest BCUT2D eigenvalue weighted by atomic mass is 10.2. The number of hydrogen-bond acceptors (Lipinski definition) is 5. The number of carbonyl (C=O) groups is 1. The fourth-order valence-corrected chi connectivity index (χ4v) is 4.69. The number of amides is 1. The number of carbonyl (C=O) groups excluding carboxylic acids is 1. The molecule has 0 spiro atoms. The van der Waals surface area contributed by atoms with E-state index in [1.54, 1.807) is 25.1 Å². The second-order valence-electron chi connectivity index (χ2n) is 6.53. The molecule has 8 nitrogen and oxygen atoms in total. The van der Waals surface area contributed by atoms with Gasteiger partial charge in [-0.15, -0.1) is 0 Å². The molecule has 0 aliphatic rings. The Kier molecular flexibility index (Phi) is 7.23. The van der Waals surface area contributed by atoms with Crippen molar-refractivity contribution in [2.24, 2.45) is 0 Å². The molecular formula is C18H22BrN3O5S2. The van der Waals surface area contributed by atoms with Crippen molar-refractivity contribution < 1.29 is 21.6 Å². The Morgan fingerprint density at radius 1 is 0.931 bits per heavy atom. The van der Waals surface area contributed by atoms with E-state index in [1.807, 2.05) is 0 Å². The highest BCUT2D eigenvalue weighted by Crippen LogP contribution is 2.22. The average molecular weight is 504 g/mol. The molecule has 0 saturated heterocycles. The molecule has 0 unspecified atom stereocenters. The summed E-state index contributed by atoms with van der Waals surface area (Å²) in [7, 11) is -3.39. The molecule has 0 aromatic heterocycles. The number of aryl methyl sites for hydroxylation is 1. The third-order valence-corrected chi connectivity index (χ3v) is 8.31. The van der Waals surface area contributed by atoms with E-state index in [1.165, 1.54) is 45.4 Å². The molecule has 0 saturated carbocycles. The topological polar surface area (TPSA) is 104 Å². The molecule has 0 fully saturated rings. The lowest BCUT2D eigenvalue weighted by molar-refractivity contribution is -0.116. The highest BCUT2D eigenvalue weighted by Gasteiger charge is 2.24. The zero-order chi connectivity index (χ0) is 22.0. The fourth-order valence-electron chi connectivity index (χ4n) is 2.37. The van der Waals surface area contributed by atoms with Gasteiger partial charge in [0.15, 0.2) is 0 Å². The molecule has 2 rings (SSSR count). The number of nitrogens with zero attached hydrogens (tertiary/aromatic N) is 2. The second kappa shape index (κ2) is 8.92. The fraction of sp³-hybridized carbons (Fsp3) is 0.278. The maximum atomic E-state index is 12.6. The minimum Gasteiger partial charge on any atom is -0.325 e. The first kappa shape index (κ1) is 23.5. The minimum atomic E-state index is -3.85. The Hall–Kier alpha value is -1.79. The van der Waals surface area contributed by atoms with Crippen LogP contribution in [0.5, 0.6) is 0 Å². The number of hydrogen-bond donors (Lipinski definition) is 1. The number of nitrogens with one attached hydrogen (secondary N) is 1.